The number of anilines is 1. The van der Waals surface area contributed by atoms with Crippen LogP contribution < -0.4 is 5.32 Å². The van der Waals surface area contributed by atoms with Crippen LogP contribution in [0.4, 0.5) is 5.69 Å². The highest BCUT2D eigenvalue weighted by atomic mass is 16.2. The second-order valence-corrected chi connectivity index (χ2v) is 9.08. The minimum absolute atomic E-state index is 0.00165. The monoisotopic (exact) mass is 431 g/mol. The van der Waals surface area contributed by atoms with Crippen LogP contribution in [0.15, 0.2) is 54.6 Å². The van der Waals surface area contributed by atoms with Gasteiger partial charge in [-0.1, -0.05) is 48.5 Å². The van der Waals surface area contributed by atoms with Crippen LogP contribution in [0.3, 0.4) is 0 Å². The van der Waals surface area contributed by atoms with Gasteiger partial charge in [0.1, 0.15) is 0 Å². The largest absolute Gasteiger partial charge is 0.342 e. The standard InChI is InChI=1S/C26H29N3O3/c30-23-11-6-16-28(23)17-14-24(31)29-18-15-26(20-9-4-5-10-21(20)27-25(26)32)22(29)13-12-19-7-2-1-3-8-19/h1-5,7-10,22H,6,11-18H2,(H,27,32)/t22-,26+/m0/s1. The van der Waals surface area contributed by atoms with Crippen molar-refractivity contribution in [3.63, 3.8) is 0 Å². The van der Waals surface area contributed by atoms with E-state index < -0.39 is 5.41 Å². The van der Waals surface area contributed by atoms with E-state index in [-0.39, 0.29) is 23.8 Å². The van der Waals surface area contributed by atoms with E-state index in [0.717, 1.165) is 37.1 Å². The Morgan fingerprint density at radius 3 is 2.59 bits per heavy atom. The molecule has 2 aromatic rings. The molecule has 32 heavy (non-hydrogen) atoms. The zero-order valence-corrected chi connectivity index (χ0v) is 18.3. The maximum Gasteiger partial charge on any atom is 0.237 e. The molecule has 5 rings (SSSR count). The normalized spacial score (nSPS) is 24.3. The summed E-state index contributed by atoms with van der Waals surface area (Å²) in [6.45, 7) is 1.77. The fraction of sp³-hybridized carbons (Fsp3) is 0.423. The van der Waals surface area contributed by atoms with Crippen molar-refractivity contribution in [2.45, 2.75) is 50.0 Å². The molecule has 6 heteroatoms. The molecule has 3 aliphatic rings. The van der Waals surface area contributed by atoms with Crippen molar-refractivity contribution < 1.29 is 14.4 Å². The summed E-state index contributed by atoms with van der Waals surface area (Å²) in [6, 6.07) is 17.9. The minimum Gasteiger partial charge on any atom is -0.342 e. The Morgan fingerprint density at radius 2 is 1.81 bits per heavy atom. The van der Waals surface area contributed by atoms with E-state index in [4.69, 9.17) is 0 Å². The van der Waals surface area contributed by atoms with E-state index in [2.05, 4.69) is 17.4 Å². The lowest BCUT2D eigenvalue weighted by Crippen LogP contribution is -2.49. The smallest absolute Gasteiger partial charge is 0.237 e. The number of nitrogens with zero attached hydrogens (tertiary/aromatic N) is 2. The summed E-state index contributed by atoms with van der Waals surface area (Å²) in [6.07, 6.45) is 3.92. The van der Waals surface area contributed by atoms with Gasteiger partial charge in [-0.25, -0.2) is 0 Å². The van der Waals surface area contributed by atoms with E-state index in [1.54, 1.807) is 4.90 Å². The molecule has 166 valence electrons. The molecule has 2 aromatic carbocycles. The van der Waals surface area contributed by atoms with Crippen LogP contribution >= 0.6 is 0 Å². The van der Waals surface area contributed by atoms with Gasteiger partial charge in [0, 0.05) is 38.2 Å². The predicted molar refractivity (Wildman–Crippen MR) is 122 cm³/mol. The number of likely N-dealkylation sites (tertiary alicyclic amines) is 2. The van der Waals surface area contributed by atoms with E-state index in [1.807, 2.05) is 47.4 Å². The van der Waals surface area contributed by atoms with Crippen LogP contribution in [-0.2, 0) is 26.2 Å². The van der Waals surface area contributed by atoms with Crippen LogP contribution in [0.25, 0.3) is 0 Å². The van der Waals surface area contributed by atoms with E-state index in [1.165, 1.54) is 5.56 Å². The number of carbonyl (C=O) groups is 3. The van der Waals surface area contributed by atoms with Gasteiger partial charge in [-0.15, -0.1) is 0 Å². The van der Waals surface area contributed by atoms with Crippen LogP contribution in [0, 0.1) is 0 Å². The summed E-state index contributed by atoms with van der Waals surface area (Å²) in [5, 5.41) is 3.07. The Morgan fingerprint density at radius 1 is 1.03 bits per heavy atom. The highest BCUT2D eigenvalue weighted by molar-refractivity contribution is 6.07. The zero-order chi connectivity index (χ0) is 22.1. The molecule has 2 saturated heterocycles. The second kappa shape index (κ2) is 8.41. The average Bonchev–Trinajstić information content (AvgIpc) is 3.48. The van der Waals surface area contributed by atoms with Gasteiger partial charge in [0.2, 0.25) is 17.7 Å². The Bertz CT molecular complexity index is 1040. The molecule has 0 aromatic heterocycles. The minimum atomic E-state index is -0.704. The van der Waals surface area contributed by atoms with Crippen LogP contribution in [-0.4, -0.2) is 53.2 Å². The molecule has 1 N–H and O–H groups in total. The number of para-hydroxylation sites is 1. The summed E-state index contributed by atoms with van der Waals surface area (Å²) in [5.41, 5.74) is 2.37. The number of benzene rings is 2. The number of hydrogen-bond acceptors (Lipinski definition) is 3. The molecule has 3 amide bonds. The molecule has 0 radical (unpaired) electrons. The first-order valence-electron chi connectivity index (χ1n) is 11.6. The van der Waals surface area contributed by atoms with Crippen molar-refractivity contribution >= 4 is 23.4 Å². The molecule has 0 unspecified atom stereocenters. The number of fused-ring (bicyclic) bond motifs is 2. The first-order chi connectivity index (χ1) is 15.6. The van der Waals surface area contributed by atoms with Gasteiger partial charge >= 0.3 is 0 Å². The third-order valence-electron chi connectivity index (χ3n) is 7.39. The summed E-state index contributed by atoms with van der Waals surface area (Å²) in [7, 11) is 0. The molecule has 2 atom stereocenters. The van der Waals surface area contributed by atoms with Crippen LogP contribution in [0.1, 0.15) is 43.2 Å². The number of hydrogen-bond donors (Lipinski definition) is 1. The quantitative estimate of drug-likeness (QED) is 0.764. The van der Waals surface area contributed by atoms with Crippen molar-refractivity contribution in [2.24, 2.45) is 0 Å². The number of carbonyl (C=O) groups excluding carboxylic acids is 3. The van der Waals surface area contributed by atoms with E-state index >= 15 is 0 Å². The average molecular weight is 432 g/mol. The third-order valence-corrected chi connectivity index (χ3v) is 7.39. The summed E-state index contributed by atoms with van der Waals surface area (Å²) < 4.78 is 0. The maximum absolute atomic E-state index is 13.4. The molecule has 6 nitrogen and oxygen atoms in total. The fourth-order valence-electron chi connectivity index (χ4n) is 5.77. The number of amides is 3. The summed E-state index contributed by atoms with van der Waals surface area (Å²) in [5.74, 6) is 0.180. The van der Waals surface area contributed by atoms with Crippen molar-refractivity contribution in [3.8, 4) is 0 Å². The van der Waals surface area contributed by atoms with Crippen molar-refractivity contribution in [3.05, 3.63) is 65.7 Å². The van der Waals surface area contributed by atoms with Crippen molar-refractivity contribution in [1.29, 1.82) is 0 Å². The van der Waals surface area contributed by atoms with Crippen LogP contribution in [0.2, 0.25) is 0 Å². The van der Waals surface area contributed by atoms with Gasteiger partial charge in [0.05, 0.1) is 11.5 Å². The lowest BCUT2D eigenvalue weighted by Gasteiger charge is -2.34. The van der Waals surface area contributed by atoms with Gasteiger partial charge in [-0.3, -0.25) is 14.4 Å². The molecule has 3 heterocycles. The van der Waals surface area contributed by atoms with Crippen LogP contribution in [0.5, 0.6) is 0 Å². The second-order valence-electron chi connectivity index (χ2n) is 9.08. The van der Waals surface area contributed by atoms with Crippen molar-refractivity contribution in [1.82, 2.24) is 9.80 Å². The predicted octanol–water partition coefficient (Wildman–Crippen LogP) is 3.12. The van der Waals surface area contributed by atoms with Gasteiger partial charge in [0.25, 0.3) is 0 Å². The van der Waals surface area contributed by atoms with E-state index in [0.29, 0.717) is 32.4 Å². The molecule has 0 bridgehead atoms. The molecule has 0 saturated carbocycles. The Kier molecular flexibility index (Phi) is 5.45. The molecule has 1 spiro atoms. The summed E-state index contributed by atoms with van der Waals surface area (Å²) >= 11 is 0. The molecule has 2 fully saturated rings. The Labute approximate surface area is 188 Å². The van der Waals surface area contributed by atoms with Gasteiger partial charge in [-0.05, 0) is 42.9 Å². The van der Waals surface area contributed by atoms with E-state index in [9.17, 15) is 14.4 Å². The zero-order valence-electron chi connectivity index (χ0n) is 18.3. The van der Waals surface area contributed by atoms with Gasteiger partial charge in [-0.2, -0.15) is 0 Å². The number of aryl methyl sites for hydroxylation is 1. The Balaban J connectivity index is 1.41. The topological polar surface area (TPSA) is 69.7 Å². The lowest BCUT2D eigenvalue weighted by molar-refractivity contribution is -0.134. The van der Waals surface area contributed by atoms with Gasteiger partial charge < -0.3 is 15.1 Å². The Hall–Kier alpha value is -3.15. The molecular weight excluding hydrogens is 402 g/mol. The summed E-state index contributed by atoms with van der Waals surface area (Å²) in [4.78, 5) is 42.4. The lowest BCUT2D eigenvalue weighted by atomic mass is 9.73. The first-order valence-corrected chi connectivity index (χ1v) is 11.6. The van der Waals surface area contributed by atoms with Gasteiger partial charge in [0.15, 0.2) is 0 Å². The van der Waals surface area contributed by atoms with Crippen molar-refractivity contribution in [2.75, 3.05) is 25.0 Å². The molecular formula is C26H29N3O3. The highest BCUT2D eigenvalue weighted by Gasteiger charge is 2.58. The number of rotatable bonds is 6. The maximum atomic E-state index is 13.4. The fourth-order valence-corrected chi connectivity index (χ4v) is 5.77. The molecule has 3 aliphatic heterocycles. The number of nitrogens with one attached hydrogen (secondary N) is 1. The SMILES string of the molecule is O=C1CCCN1CCC(=O)N1CC[C@]2(C(=O)Nc3ccccc32)[C@@H]1CCc1ccccc1. The third kappa shape index (κ3) is 3.48. The molecule has 0 aliphatic carbocycles. The first kappa shape index (κ1) is 20.7. The highest BCUT2D eigenvalue weighted by Crippen LogP contribution is 2.49.